The Bertz CT molecular complexity index is 377. The van der Waals surface area contributed by atoms with Crippen molar-refractivity contribution in [1.82, 2.24) is 5.32 Å². The molecule has 2 rings (SSSR count). The summed E-state index contributed by atoms with van der Waals surface area (Å²) in [5.41, 5.74) is 1.38. The second kappa shape index (κ2) is 7.88. The highest BCUT2D eigenvalue weighted by molar-refractivity contribution is 6.30. The molecule has 1 saturated carbocycles. The normalized spacial score (nSPS) is 17.8. The molecule has 2 nitrogen and oxygen atoms in total. The van der Waals surface area contributed by atoms with E-state index in [2.05, 4.69) is 23.5 Å². The predicted molar refractivity (Wildman–Crippen MR) is 80.9 cm³/mol. The third kappa shape index (κ3) is 4.48. The van der Waals surface area contributed by atoms with Crippen molar-refractivity contribution in [1.29, 1.82) is 0 Å². The SMILES string of the molecule is COCCNCC(c1cccc(Cl)c1)C1CCCC1. The summed E-state index contributed by atoms with van der Waals surface area (Å²) in [4.78, 5) is 0. The topological polar surface area (TPSA) is 21.3 Å². The van der Waals surface area contributed by atoms with Crippen molar-refractivity contribution in [3.8, 4) is 0 Å². The van der Waals surface area contributed by atoms with Crippen LogP contribution in [0.3, 0.4) is 0 Å². The van der Waals surface area contributed by atoms with Crippen LogP contribution in [0, 0.1) is 5.92 Å². The molecule has 0 aromatic heterocycles. The number of methoxy groups -OCH3 is 1. The molecule has 0 bridgehead atoms. The molecule has 3 heteroatoms. The number of rotatable bonds is 7. The standard InChI is InChI=1S/C16H24ClNO/c1-19-10-9-18-12-16(13-5-2-3-6-13)14-7-4-8-15(17)11-14/h4,7-8,11,13,16,18H,2-3,5-6,9-10,12H2,1H3. The van der Waals surface area contributed by atoms with E-state index in [1.165, 1.54) is 31.2 Å². The quantitative estimate of drug-likeness (QED) is 0.767. The van der Waals surface area contributed by atoms with E-state index < -0.39 is 0 Å². The first kappa shape index (κ1) is 14.8. The third-order valence-electron chi connectivity index (χ3n) is 4.09. The minimum absolute atomic E-state index is 0.582. The number of nitrogens with one attached hydrogen (secondary N) is 1. The van der Waals surface area contributed by atoms with Gasteiger partial charge in [0.2, 0.25) is 0 Å². The monoisotopic (exact) mass is 281 g/mol. The maximum atomic E-state index is 6.14. The summed E-state index contributed by atoms with van der Waals surface area (Å²) in [6, 6.07) is 8.36. The van der Waals surface area contributed by atoms with Crippen LogP contribution in [-0.2, 0) is 4.74 Å². The first-order chi connectivity index (χ1) is 9.31. The largest absolute Gasteiger partial charge is 0.383 e. The summed E-state index contributed by atoms with van der Waals surface area (Å²) in [5, 5.41) is 4.36. The molecule has 0 heterocycles. The Hall–Kier alpha value is -0.570. The Labute approximate surface area is 121 Å². The molecule has 1 aliphatic rings. The Morgan fingerprint density at radius 1 is 1.37 bits per heavy atom. The zero-order valence-electron chi connectivity index (χ0n) is 11.7. The van der Waals surface area contributed by atoms with E-state index in [1.54, 1.807) is 7.11 Å². The highest BCUT2D eigenvalue weighted by Crippen LogP contribution is 2.37. The van der Waals surface area contributed by atoms with Crippen molar-refractivity contribution in [2.24, 2.45) is 5.92 Å². The number of benzene rings is 1. The van der Waals surface area contributed by atoms with Gasteiger partial charge in [0.1, 0.15) is 0 Å². The molecule has 106 valence electrons. The molecule has 1 atom stereocenters. The molecule has 1 fully saturated rings. The molecule has 19 heavy (non-hydrogen) atoms. The summed E-state index contributed by atoms with van der Waals surface area (Å²) >= 11 is 6.14. The third-order valence-corrected chi connectivity index (χ3v) is 4.33. The van der Waals surface area contributed by atoms with Crippen LogP contribution in [0.2, 0.25) is 5.02 Å². The molecular weight excluding hydrogens is 258 g/mol. The van der Waals surface area contributed by atoms with Gasteiger partial charge in [-0.05, 0) is 42.4 Å². The van der Waals surface area contributed by atoms with Gasteiger partial charge < -0.3 is 10.1 Å². The Morgan fingerprint density at radius 3 is 2.84 bits per heavy atom. The lowest BCUT2D eigenvalue weighted by Gasteiger charge is -2.24. The van der Waals surface area contributed by atoms with Crippen LogP contribution in [0.4, 0.5) is 0 Å². The van der Waals surface area contributed by atoms with Gasteiger partial charge in [-0.25, -0.2) is 0 Å². The zero-order valence-corrected chi connectivity index (χ0v) is 12.5. The van der Waals surface area contributed by atoms with E-state index in [0.717, 1.165) is 30.6 Å². The van der Waals surface area contributed by atoms with Crippen LogP contribution < -0.4 is 5.32 Å². The fourth-order valence-corrected chi connectivity index (χ4v) is 3.28. The van der Waals surface area contributed by atoms with Crippen molar-refractivity contribution in [3.05, 3.63) is 34.9 Å². The van der Waals surface area contributed by atoms with Crippen LogP contribution in [0.1, 0.15) is 37.2 Å². The highest BCUT2D eigenvalue weighted by Gasteiger charge is 2.26. The number of hydrogen-bond acceptors (Lipinski definition) is 2. The molecule has 0 radical (unpaired) electrons. The van der Waals surface area contributed by atoms with Crippen LogP contribution >= 0.6 is 11.6 Å². The van der Waals surface area contributed by atoms with Crippen LogP contribution in [-0.4, -0.2) is 26.8 Å². The van der Waals surface area contributed by atoms with Gasteiger partial charge in [-0.1, -0.05) is 36.6 Å². The van der Waals surface area contributed by atoms with E-state index >= 15 is 0 Å². The Kier molecular flexibility index (Phi) is 6.15. The van der Waals surface area contributed by atoms with Gasteiger partial charge >= 0.3 is 0 Å². The fraction of sp³-hybridized carbons (Fsp3) is 0.625. The van der Waals surface area contributed by atoms with Gasteiger partial charge in [0.05, 0.1) is 6.61 Å². The smallest absolute Gasteiger partial charge is 0.0587 e. The molecule has 0 amide bonds. The lowest BCUT2D eigenvalue weighted by atomic mass is 9.85. The summed E-state index contributed by atoms with van der Waals surface area (Å²) in [5.74, 6) is 1.38. The minimum Gasteiger partial charge on any atom is -0.383 e. The van der Waals surface area contributed by atoms with Crippen LogP contribution in [0.25, 0.3) is 0 Å². The second-order valence-corrected chi connectivity index (χ2v) is 5.84. The zero-order chi connectivity index (χ0) is 13.5. The van der Waals surface area contributed by atoms with E-state index in [-0.39, 0.29) is 0 Å². The Balaban J connectivity index is 2.00. The molecule has 1 aromatic carbocycles. The predicted octanol–water partition coefficient (Wildman–Crippen LogP) is 3.85. The lowest BCUT2D eigenvalue weighted by Crippen LogP contribution is -2.28. The second-order valence-electron chi connectivity index (χ2n) is 5.40. The summed E-state index contributed by atoms with van der Waals surface area (Å²) < 4.78 is 5.09. The first-order valence-electron chi connectivity index (χ1n) is 7.26. The van der Waals surface area contributed by atoms with Crippen molar-refractivity contribution in [3.63, 3.8) is 0 Å². The molecule has 1 unspecified atom stereocenters. The Morgan fingerprint density at radius 2 is 2.16 bits per heavy atom. The fourth-order valence-electron chi connectivity index (χ4n) is 3.09. The first-order valence-corrected chi connectivity index (χ1v) is 7.64. The molecule has 1 aromatic rings. The van der Waals surface area contributed by atoms with E-state index in [4.69, 9.17) is 16.3 Å². The van der Waals surface area contributed by atoms with E-state index in [0.29, 0.717) is 5.92 Å². The number of ether oxygens (including phenoxy) is 1. The molecule has 0 saturated heterocycles. The summed E-state index contributed by atoms with van der Waals surface area (Å²) in [7, 11) is 1.74. The molecule has 1 aliphatic carbocycles. The number of halogens is 1. The number of hydrogen-bond donors (Lipinski definition) is 1. The van der Waals surface area contributed by atoms with Crippen LogP contribution in [0.5, 0.6) is 0 Å². The highest BCUT2D eigenvalue weighted by atomic mass is 35.5. The minimum atomic E-state index is 0.582. The van der Waals surface area contributed by atoms with Crippen LogP contribution in [0.15, 0.2) is 24.3 Å². The average Bonchev–Trinajstić information content (AvgIpc) is 2.92. The molecule has 0 aliphatic heterocycles. The molecular formula is C16H24ClNO. The van der Waals surface area contributed by atoms with Gasteiger partial charge in [0.15, 0.2) is 0 Å². The van der Waals surface area contributed by atoms with E-state index in [9.17, 15) is 0 Å². The van der Waals surface area contributed by atoms with Gasteiger partial charge in [0, 0.05) is 25.2 Å². The van der Waals surface area contributed by atoms with Gasteiger partial charge in [-0.2, -0.15) is 0 Å². The summed E-state index contributed by atoms with van der Waals surface area (Å²) in [6.07, 6.45) is 5.45. The molecule has 0 spiro atoms. The van der Waals surface area contributed by atoms with Gasteiger partial charge in [0.25, 0.3) is 0 Å². The average molecular weight is 282 g/mol. The van der Waals surface area contributed by atoms with Crippen molar-refractivity contribution >= 4 is 11.6 Å². The maximum Gasteiger partial charge on any atom is 0.0587 e. The molecule has 1 N–H and O–H groups in total. The lowest BCUT2D eigenvalue weighted by molar-refractivity contribution is 0.198. The van der Waals surface area contributed by atoms with E-state index in [1.807, 2.05) is 6.07 Å². The van der Waals surface area contributed by atoms with Crippen molar-refractivity contribution in [2.45, 2.75) is 31.6 Å². The maximum absolute atomic E-state index is 6.14. The van der Waals surface area contributed by atoms with Gasteiger partial charge in [-0.3, -0.25) is 0 Å². The van der Waals surface area contributed by atoms with Crippen molar-refractivity contribution < 1.29 is 4.74 Å². The van der Waals surface area contributed by atoms with Crippen molar-refractivity contribution in [2.75, 3.05) is 26.8 Å². The van der Waals surface area contributed by atoms with Gasteiger partial charge in [-0.15, -0.1) is 0 Å². The summed E-state index contributed by atoms with van der Waals surface area (Å²) in [6.45, 7) is 2.71.